The maximum Gasteiger partial charge on any atom is 0.243 e. The first-order valence-corrected chi connectivity index (χ1v) is 18.8. The summed E-state index contributed by atoms with van der Waals surface area (Å²) in [5.74, 6) is -4.09. The molecule has 2 aromatic carbocycles. The highest BCUT2D eigenvalue weighted by atomic mass is 16.3. The van der Waals surface area contributed by atoms with Gasteiger partial charge in [-0.25, -0.2) is 0 Å². The molecule has 0 aromatic heterocycles. The van der Waals surface area contributed by atoms with Crippen LogP contribution < -0.4 is 31.9 Å². The van der Waals surface area contributed by atoms with E-state index in [1.807, 2.05) is 60.7 Å². The molecule has 0 spiro atoms. The van der Waals surface area contributed by atoms with Crippen LogP contribution in [0.3, 0.4) is 0 Å². The molecule has 0 saturated carbocycles. The van der Waals surface area contributed by atoms with Gasteiger partial charge in [0, 0.05) is 13.8 Å². The van der Waals surface area contributed by atoms with E-state index in [0.29, 0.717) is 0 Å². The molecule has 0 aliphatic carbocycles. The summed E-state index contributed by atoms with van der Waals surface area (Å²) in [6.07, 6.45) is -0.979. The van der Waals surface area contributed by atoms with Crippen molar-refractivity contribution in [2.45, 2.75) is 124 Å². The number of hydrogen-bond donors (Lipinski definition) is 7. The minimum absolute atomic E-state index is 0.186. The Morgan fingerprint density at radius 2 is 0.704 bits per heavy atom. The lowest BCUT2D eigenvalue weighted by atomic mass is 9.91. The number of hydrogen-bond acceptors (Lipinski definition) is 7. The Hall–Kier alpha value is -4.78. The van der Waals surface area contributed by atoms with Crippen molar-refractivity contribution in [3.8, 4) is 0 Å². The Kier molecular flexibility index (Phi) is 18.3. The fraction of sp³-hybridized carbons (Fsp3) is 0.561. The highest BCUT2D eigenvalue weighted by Crippen LogP contribution is 2.16. The molecule has 0 saturated heterocycles. The lowest BCUT2D eigenvalue weighted by Crippen LogP contribution is -2.62. The molecule has 4 unspecified atom stereocenters. The average Bonchev–Trinajstić information content (AvgIpc) is 3.09. The zero-order valence-corrected chi connectivity index (χ0v) is 33.4. The van der Waals surface area contributed by atoms with Gasteiger partial charge < -0.3 is 37.0 Å². The first-order valence-electron chi connectivity index (χ1n) is 18.8. The number of carbonyl (C=O) groups excluding carboxylic acids is 6. The molecule has 54 heavy (non-hydrogen) atoms. The van der Waals surface area contributed by atoms with E-state index in [0.717, 1.165) is 11.1 Å². The summed E-state index contributed by atoms with van der Waals surface area (Å²) < 4.78 is 0. The summed E-state index contributed by atoms with van der Waals surface area (Å²) in [4.78, 5) is 78.5. The van der Waals surface area contributed by atoms with E-state index < -0.39 is 66.0 Å². The molecule has 2 rings (SSSR count). The first kappa shape index (κ1) is 45.4. The number of amides is 6. The van der Waals surface area contributed by atoms with Gasteiger partial charge in [0.05, 0.1) is 18.2 Å². The zero-order chi connectivity index (χ0) is 40.7. The van der Waals surface area contributed by atoms with Gasteiger partial charge in [-0.3, -0.25) is 28.8 Å². The van der Waals surface area contributed by atoms with E-state index >= 15 is 0 Å². The fourth-order valence-electron chi connectivity index (χ4n) is 6.14. The number of aliphatic hydroxyl groups excluding tert-OH is 1. The second kappa shape index (κ2) is 21.8. The maximum atomic E-state index is 14.1. The zero-order valence-electron chi connectivity index (χ0n) is 33.4. The van der Waals surface area contributed by atoms with E-state index in [-0.39, 0.29) is 48.3 Å². The monoisotopic (exact) mass is 750 g/mol. The van der Waals surface area contributed by atoms with Crippen molar-refractivity contribution in [1.82, 2.24) is 31.9 Å². The van der Waals surface area contributed by atoms with Crippen LogP contribution in [0.4, 0.5) is 0 Å². The Balaban J connectivity index is 2.51. The molecular formula is C41H62N6O7. The molecule has 6 amide bonds. The van der Waals surface area contributed by atoms with Crippen molar-refractivity contribution < 1.29 is 33.9 Å². The van der Waals surface area contributed by atoms with Gasteiger partial charge in [-0.1, -0.05) is 116 Å². The van der Waals surface area contributed by atoms with E-state index in [1.54, 1.807) is 55.4 Å². The van der Waals surface area contributed by atoms with Crippen molar-refractivity contribution in [3.05, 3.63) is 71.8 Å². The van der Waals surface area contributed by atoms with Crippen molar-refractivity contribution in [1.29, 1.82) is 0 Å². The Labute approximate surface area is 320 Å². The van der Waals surface area contributed by atoms with Crippen LogP contribution >= 0.6 is 0 Å². The van der Waals surface area contributed by atoms with E-state index in [2.05, 4.69) is 31.9 Å². The van der Waals surface area contributed by atoms with Gasteiger partial charge in [0.15, 0.2) is 0 Å². The summed E-state index contributed by atoms with van der Waals surface area (Å²) >= 11 is 0. The number of nitrogens with one attached hydrogen (secondary N) is 6. The highest BCUT2D eigenvalue weighted by molar-refractivity contribution is 5.93. The quantitative estimate of drug-likeness (QED) is 0.108. The fourth-order valence-corrected chi connectivity index (χ4v) is 6.14. The normalized spacial score (nSPS) is 15.3. The van der Waals surface area contributed by atoms with Crippen LogP contribution in [0.15, 0.2) is 60.7 Å². The molecule has 298 valence electrons. The lowest BCUT2D eigenvalue weighted by molar-refractivity contribution is -0.134. The Bertz CT molecular complexity index is 1420. The van der Waals surface area contributed by atoms with Crippen LogP contribution in [0.1, 0.15) is 80.4 Å². The molecule has 6 atom stereocenters. The third kappa shape index (κ3) is 14.6. The van der Waals surface area contributed by atoms with Crippen molar-refractivity contribution in [2.75, 3.05) is 0 Å². The predicted octanol–water partition coefficient (Wildman–Crippen LogP) is 2.41. The van der Waals surface area contributed by atoms with Crippen LogP contribution in [0.25, 0.3) is 0 Å². The molecule has 2 aromatic rings. The van der Waals surface area contributed by atoms with Gasteiger partial charge in [0.25, 0.3) is 0 Å². The van der Waals surface area contributed by atoms with Crippen molar-refractivity contribution >= 4 is 35.4 Å². The first-order chi connectivity index (χ1) is 25.3. The van der Waals surface area contributed by atoms with Gasteiger partial charge in [-0.15, -0.1) is 0 Å². The molecule has 0 fully saturated rings. The molecule has 0 aliphatic rings. The standard InChI is InChI=1S/C41H62N6O7/c1-23(2)33(42-27(9)48)40(53)46-35(25(5)6)38(51)44-31(21-29-17-13-11-14-18-29)37(50)32(22-30-19-15-12-16-20-30)45-39(52)36(26(7)8)47-41(54)34(24(3)4)43-28(10)49/h11-20,23-26,31-37,50H,21-22H2,1-10H3,(H,42,48)(H,43,49)(H,44,51)(H,45,52)(H,46,53)(H,47,54)/t31-,32-,33?,34?,35?,36?,37?/m0/s1. The summed E-state index contributed by atoms with van der Waals surface area (Å²) in [5.41, 5.74) is 1.62. The van der Waals surface area contributed by atoms with E-state index in [1.165, 1.54) is 13.8 Å². The Morgan fingerprint density at radius 3 is 0.963 bits per heavy atom. The smallest absolute Gasteiger partial charge is 0.243 e. The van der Waals surface area contributed by atoms with Crippen LogP contribution in [0.2, 0.25) is 0 Å². The molecule has 0 aliphatic heterocycles. The van der Waals surface area contributed by atoms with Crippen molar-refractivity contribution in [2.24, 2.45) is 23.7 Å². The largest absolute Gasteiger partial charge is 0.389 e. The maximum absolute atomic E-state index is 14.1. The molecule has 0 bridgehead atoms. The van der Waals surface area contributed by atoms with Gasteiger partial charge in [-0.05, 0) is 47.6 Å². The van der Waals surface area contributed by atoms with Gasteiger partial charge in [0.2, 0.25) is 35.4 Å². The van der Waals surface area contributed by atoms with Crippen LogP contribution in [-0.4, -0.2) is 82.9 Å². The summed E-state index contributed by atoms with van der Waals surface area (Å²) in [5, 5.41) is 29.1. The van der Waals surface area contributed by atoms with Gasteiger partial charge in [0.1, 0.15) is 24.2 Å². The molecule has 13 heteroatoms. The molecule has 0 radical (unpaired) electrons. The topological polar surface area (TPSA) is 195 Å². The minimum Gasteiger partial charge on any atom is -0.389 e. The second-order valence-corrected chi connectivity index (χ2v) is 15.4. The summed E-state index contributed by atoms with van der Waals surface area (Å²) in [7, 11) is 0. The third-order valence-electron chi connectivity index (χ3n) is 9.19. The second-order valence-electron chi connectivity index (χ2n) is 15.4. The number of benzene rings is 2. The molecular weight excluding hydrogens is 688 g/mol. The molecule has 0 heterocycles. The summed E-state index contributed by atoms with van der Waals surface area (Å²) in [6.45, 7) is 16.9. The van der Waals surface area contributed by atoms with Gasteiger partial charge >= 0.3 is 0 Å². The highest BCUT2D eigenvalue weighted by Gasteiger charge is 2.37. The van der Waals surface area contributed by atoms with Crippen LogP contribution in [0.5, 0.6) is 0 Å². The minimum atomic E-state index is -1.35. The van der Waals surface area contributed by atoms with E-state index in [9.17, 15) is 33.9 Å². The van der Waals surface area contributed by atoms with Crippen LogP contribution in [0, 0.1) is 23.7 Å². The number of rotatable bonds is 20. The third-order valence-corrected chi connectivity index (χ3v) is 9.19. The van der Waals surface area contributed by atoms with Crippen LogP contribution in [-0.2, 0) is 41.6 Å². The van der Waals surface area contributed by atoms with Crippen molar-refractivity contribution in [3.63, 3.8) is 0 Å². The SMILES string of the molecule is CC(=O)NC(C(=O)NC(C(=O)N[C@@H](Cc1ccccc1)C(O)[C@H](Cc1ccccc1)NC(=O)C(NC(=O)C(NC(C)=O)C(C)C)C(C)C)C(C)C)C(C)C. The van der Waals surface area contributed by atoms with E-state index in [4.69, 9.17) is 0 Å². The summed E-state index contributed by atoms with van der Waals surface area (Å²) in [6, 6.07) is 12.9. The van der Waals surface area contributed by atoms with Gasteiger partial charge in [-0.2, -0.15) is 0 Å². The Morgan fingerprint density at radius 1 is 0.444 bits per heavy atom. The molecule has 7 N–H and O–H groups in total. The molecule has 13 nitrogen and oxygen atoms in total. The number of aliphatic hydroxyl groups is 1. The number of carbonyl (C=O) groups is 6. The predicted molar refractivity (Wildman–Crippen MR) is 209 cm³/mol. The lowest BCUT2D eigenvalue weighted by Gasteiger charge is -2.35. The average molecular weight is 751 g/mol.